The molecule has 1 amide bonds. The molecule has 0 aliphatic carbocycles. The summed E-state index contributed by atoms with van der Waals surface area (Å²) in [7, 11) is 0. The molecule has 1 aliphatic rings. The van der Waals surface area contributed by atoms with E-state index < -0.39 is 5.60 Å². The van der Waals surface area contributed by atoms with Crippen molar-refractivity contribution < 1.29 is 14.3 Å². The fourth-order valence-electron chi connectivity index (χ4n) is 2.05. The van der Waals surface area contributed by atoms with Gasteiger partial charge in [0.1, 0.15) is 11.9 Å². The van der Waals surface area contributed by atoms with Crippen LogP contribution < -0.4 is 0 Å². The molecule has 17 heavy (non-hydrogen) atoms. The first-order valence-electron chi connectivity index (χ1n) is 6.25. The van der Waals surface area contributed by atoms with Gasteiger partial charge in [-0.1, -0.05) is 6.92 Å². The normalized spacial score (nSPS) is 26.2. The van der Waals surface area contributed by atoms with Crippen molar-refractivity contribution in [3.8, 4) is 0 Å². The van der Waals surface area contributed by atoms with Crippen molar-refractivity contribution in [2.24, 2.45) is 11.8 Å². The van der Waals surface area contributed by atoms with Crippen molar-refractivity contribution in [2.45, 2.75) is 46.1 Å². The standard InChI is InChI=1S/C13H23NO3/c1-10-5-6-14(8-11(7-10)9-15)12(16)17-13(2,3)4/h9-11H,5-8H2,1-4H3. The zero-order valence-electron chi connectivity index (χ0n) is 11.2. The Hall–Kier alpha value is -1.06. The quantitative estimate of drug-likeness (QED) is 0.662. The molecule has 0 saturated carbocycles. The van der Waals surface area contributed by atoms with E-state index in [1.807, 2.05) is 20.8 Å². The first kappa shape index (κ1) is 14.0. The number of hydrogen-bond donors (Lipinski definition) is 0. The molecule has 98 valence electrons. The maximum atomic E-state index is 11.9. The second-order valence-electron chi connectivity index (χ2n) is 5.95. The number of ether oxygens (including phenoxy) is 1. The van der Waals surface area contributed by atoms with Crippen LogP contribution in [-0.4, -0.2) is 36.0 Å². The van der Waals surface area contributed by atoms with E-state index in [2.05, 4.69) is 6.92 Å². The Morgan fingerprint density at radius 1 is 1.41 bits per heavy atom. The van der Waals surface area contributed by atoms with E-state index in [1.54, 1.807) is 4.90 Å². The molecular formula is C13H23NO3. The third-order valence-corrected chi connectivity index (χ3v) is 2.90. The third kappa shape index (κ3) is 4.75. The van der Waals surface area contributed by atoms with Gasteiger partial charge in [-0.15, -0.1) is 0 Å². The average molecular weight is 241 g/mol. The summed E-state index contributed by atoms with van der Waals surface area (Å²) < 4.78 is 5.33. The van der Waals surface area contributed by atoms with Crippen LogP contribution in [0.25, 0.3) is 0 Å². The highest BCUT2D eigenvalue weighted by Crippen LogP contribution is 2.22. The van der Waals surface area contributed by atoms with E-state index in [1.165, 1.54) is 0 Å². The number of carbonyl (C=O) groups is 2. The second-order valence-corrected chi connectivity index (χ2v) is 5.95. The first-order chi connectivity index (χ1) is 7.81. The number of hydrogen-bond acceptors (Lipinski definition) is 3. The summed E-state index contributed by atoms with van der Waals surface area (Å²) in [5.74, 6) is 0.428. The predicted octanol–water partition coefficient (Wildman–Crippen LogP) is 2.47. The molecule has 2 atom stereocenters. The molecule has 0 aromatic heterocycles. The lowest BCUT2D eigenvalue weighted by atomic mass is 9.96. The van der Waals surface area contributed by atoms with Gasteiger partial charge in [0, 0.05) is 19.0 Å². The molecule has 1 aliphatic heterocycles. The number of likely N-dealkylation sites (tertiary alicyclic amines) is 1. The monoisotopic (exact) mass is 241 g/mol. The van der Waals surface area contributed by atoms with Gasteiger partial charge in [-0.25, -0.2) is 4.79 Å². The van der Waals surface area contributed by atoms with Crippen molar-refractivity contribution in [1.29, 1.82) is 0 Å². The van der Waals surface area contributed by atoms with Crippen molar-refractivity contribution in [3.05, 3.63) is 0 Å². The van der Waals surface area contributed by atoms with Crippen LogP contribution in [0.15, 0.2) is 0 Å². The smallest absolute Gasteiger partial charge is 0.410 e. The van der Waals surface area contributed by atoms with Gasteiger partial charge < -0.3 is 14.4 Å². The summed E-state index contributed by atoms with van der Waals surface area (Å²) in [6.45, 7) is 8.84. The molecule has 0 aromatic rings. The third-order valence-electron chi connectivity index (χ3n) is 2.90. The van der Waals surface area contributed by atoms with Crippen LogP contribution in [0.2, 0.25) is 0 Å². The Balaban J connectivity index is 2.63. The summed E-state index contributed by atoms with van der Waals surface area (Å²) in [6.07, 6.45) is 2.45. The van der Waals surface area contributed by atoms with E-state index in [9.17, 15) is 9.59 Å². The van der Waals surface area contributed by atoms with Gasteiger partial charge in [-0.2, -0.15) is 0 Å². The molecule has 0 spiro atoms. The number of carbonyl (C=O) groups excluding carboxylic acids is 2. The Bertz CT molecular complexity index is 283. The van der Waals surface area contributed by atoms with Crippen LogP contribution in [0.5, 0.6) is 0 Å². The molecule has 4 nitrogen and oxygen atoms in total. The molecule has 1 heterocycles. The minimum atomic E-state index is -0.480. The predicted molar refractivity (Wildman–Crippen MR) is 65.8 cm³/mol. The Morgan fingerprint density at radius 2 is 2.06 bits per heavy atom. The van der Waals surface area contributed by atoms with Crippen molar-refractivity contribution in [1.82, 2.24) is 4.90 Å². The number of nitrogens with zero attached hydrogens (tertiary/aromatic N) is 1. The van der Waals surface area contributed by atoms with Gasteiger partial charge in [0.2, 0.25) is 0 Å². The molecule has 4 heteroatoms. The second kappa shape index (κ2) is 5.52. The molecule has 0 N–H and O–H groups in total. The minimum absolute atomic E-state index is 0.0555. The molecular weight excluding hydrogens is 218 g/mol. The van der Waals surface area contributed by atoms with Crippen LogP contribution in [0, 0.1) is 11.8 Å². The molecule has 2 unspecified atom stereocenters. The number of rotatable bonds is 1. The molecule has 0 radical (unpaired) electrons. The molecule has 1 saturated heterocycles. The zero-order valence-corrected chi connectivity index (χ0v) is 11.2. The number of amides is 1. The van der Waals surface area contributed by atoms with Crippen molar-refractivity contribution in [3.63, 3.8) is 0 Å². The van der Waals surface area contributed by atoms with Gasteiger partial charge in [0.05, 0.1) is 0 Å². The van der Waals surface area contributed by atoms with E-state index in [0.717, 1.165) is 19.1 Å². The van der Waals surface area contributed by atoms with E-state index in [4.69, 9.17) is 4.74 Å². The summed E-state index contributed by atoms with van der Waals surface area (Å²) in [6, 6.07) is 0. The highest BCUT2D eigenvalue weighted by Gasteiger charge is 2.28. The molecule has 1 fully saturated rings. The molecule has 0 bridgehead atoms. The van der Waals surface area contributed by atoms with Crippen LogP contribution in [0.1, 0.15) is 40.5 Å². The van der Waals surface area contributed by atoms with Gasteiger partial charge in [0.15, 0.2) is 0 Å². The zero-order chi connectivity index (χ0) is 13.1. The van der Waals surface area contributed by atoms with Crippen molar-refractivity contribution in [2.75, 3.05) is 13.1 Å². The van der Waals surface area contributed by atoms with Gasteiger partial charge in [-0.05, 0) is 39.5 Å². The largest absolute Gasteiger partial charge is 0.444 e. The lowest BCUT2D eigenvalue weighted by Crippen LogP contribution is -2.39. The Morgan fingerprint density at radius 3 is 2.59 bits per heavy atom. The summed E-state index contributed by atoms with van der Waals surface area (Å²) in [5.41, 5.74) is -0.480. The van der Waals surface area contributed by atoms with E-state index in [0.29, 0.717) is 19.0 Å². The average Bonchev–Trinajstić information content (AvgIpc) is 2.37. The van der Waals surface area contributed by atoms with Crippen LogP contribution in [0.4, 0.5) is 4.79 Å². The molecule has 1 rings (SSSR count). The topological polar surface area (TPSA) is 46.6 Å². The van der Waals surface area contributed by atoms with Crippen LogP contribution in [0.3, 0.4) is 0 Å². The molecule has 0 aromatic carbocycles. The van der Waals surface area contributed by atoms with Crippen LogP contribution >= 0.6 is 0 Å². The summed E-state index contributed by atoms with van der Waals surface area (Å²) >= 11 is 0. The highest BCUT2D eigenvalue weighted by molar-refractivity contribution is 5.69. The van der Waals surface area contributed by atoms with Gasteiger partial charge in [0.25, 0.3) is 0 Å². The lowest BCUT2D eigenvalue weighted by molar-refractivity contribution is -0.111. The van der Waals surface area contributed by atoms with Crippen LogP contribution in [-0.2, 0) is 9.53 Å². The van der Waals surface area contributed by atoms with Crippen molar-refractivity contribution >= 4 is 12.4 Å². The summed E-state index contributed by atoms with van der Waals surface area (Å²) in [5, 5.41) is 0. The fraction of sp³-hybridized carbons (Fsp3) is 0.846. The maximum Gasteiger partial charge on any atom is 0.410 e. The Labute approximate surface area is 103 Å². The minimum Gasteiger partial charge on any atom is -0.444 e. The Kier molecular flexibility index (Phi) is 4.54. The highest BCUT2D eigenvalue weighted by atomic mass is 16.6. The number of aldehydes is 1. The maximum absolute atomic E-state index is 11.9. The van der Waals surface area contributed by atoms with Gasteiger partial charge >= 0.3 is 6.09 Å². The fourth-order valence-corrected chi connectivity index (χ4v) is 2.05. The van der Waals surface area contributed by atoms with E-state index >= 15 is 0 Å². The van der Waals surface area contributed by atoms with E-state index in [-0.39, 0.29) is 12.0 Å². The SMILES string of the molecule is CC1CCN(C(=O)OC(C)(C)C)CC(C=O)C1. The first-order valence-corrected chi connectivity index (χ1v) is 6.25. The summed E-state index contributed by atoms with van der Waals surface area (Å²) in [4.78, 5) is 24.5. The lowest BCUT2D eigenvalue weighted by Gasteiger charge is -2.27. The van der Waals surface area contributed by atoms with Gasteiger partial charge in [-0.3, -0.25) is 0 Å².